The van der Waals surface area contributed by atoms with Crippen LogP contribution in [0, 0.1) is 0 Å². The molecule has 6 nitrogen and oxygen atoms in total. The molecule has 3 N–H and O–H groups in total. The normalized spacial score (nSPS) is 9.88. The highest BCUT2D eigenvalue weighted by Gasteiger charge is 2.12. The van der Waals surface area contributed by atoms with Crippen LogP contribution in [0.5, 0.6) is 0 Å². The summed E-state index contributed by atoms with van der Waals surface area (Å²) in [5, 5.41) is 8.25. The maximum atomic E-state index is 10.6. The molecule has 0 aliphatic rings. The van der Waals surface area contributed by atoms with Crippen LogP contribution in [0.25, 0.3) is 0 Å². The molecular formula is C10H19NO5. The second-order valence-corrected chi connectivity index (χ2v) is 2.69. The largest absolute Gasteiger partial charge is 0.487 e. The molecule has 0 aromatic rings. The summed E-state index contributed by atoms with van der Waals surface area (Å²) in [5.41, 5.74) is 0. The first kappa shape index (κ1) is 16.9. The number of aliphatic carboxylic acids is 1. The Labute approximate surface area is 95.0 Å². The van der Waals surface area contributed by atoms with Crippen LogP contribution < -0.4 is 5.90 Å². The molecule has 0 unspecified atom stereocenters. The predicted octanol–water partition coefficient (Wildman–Crippen LogP) is 1.21. The minimum atomic E-state index is -1.30. The Kier molecular flexibility index (Phi) is 12.1. The van der Waals surface area contributed by atoms with E-state index in [9.17, 15) is 9.59 Å². The van der Waals surface area contributed by atoms with Gasteiger partial charge in [-0.05, 0) is 6.92 Å². The summed E-state index contributed by atoms with van der Waals surface area (Å²) in [6.07, 6.45) is 3.22. The zero-order valence-corrected chi connectivity index (χ0v) is 9.86. The fraction of sp³-hybridized carbons (Fsp3) is 0.600. The summed E-state index contributed by atoms with van der Waals surface area (Å²) >= 11 is 0. The highest BCUT2D eigenvalue weighted by atomic mass is 16.7. The van der Waals surface area contributed by atoms with E-state index >= 15 is 0 Å². The van der Waals surface area contributed by atoms with Crippen molar-refractivity contribution in [3.8, 4) is 0 Å². The van der Waals surface area contributed by atoms with E-state index in [-0.39, 0.29) is 6.61 Å². The van der Waals surface area contributed by atoms with Gasteiger partial charge in [0.05, 0.1) is 12.7 Å². The summed E-state index contributed by atoms with van der Waals surface area (Å²) in [6.45, 7) is 6.12. The average molecular weight is 233 g/mol. The van der Waals surface area contributed by atoms with Gasteiger partial charge in [-0.2, -0.15) is 5.90 Å². The number of nitrogens with two attached hydrogens (primary N) is 1. The molecule has 0 amide bonds. The van der Waals surface area contributed by atoms with E-state index in [1.54, 1.807) is 6.92 Å². The molecule has 0 bridgehead atoms. The minimum absolute atomic E-state index is 0.161. The Balaban J connectivity index is 0. The second-order valence-electron chi connectivity index (χ2n) is 2.69. The Bertz CT molecular complexity index is 235. The molecule has 0 rings (SSSR count). The van der Waals surface area contributed by atoms with Crippen LogP contribution in [0.3, 0.4) is 0 Å². The lowest BCUT2D eigenvalue weighted by Crippen LogP contribution is -2.15. The average Bonchev–Trinajstić information content (AvgIpc) is 2.27. The first-order valence-electron chi connectivity index (χ1n) is 5.01. The molecule has 0 atom stereocenters. The van der Waals surface area contributed by atoms with Crippen molar-refractivity contribution in [2.75, 3.05) is 6.61 Å². The van der Waals surface area contributed by atoms with Crippen molar-refractivity contribution >= 4 is 11.9 Å². The van der Waals surface area contributed by atoms with Crippen LogP contribution in [0.15, 0.2) is 11.8 Å². The van der Waals surface area contributed by atoms with Gasteiger partial charge in [-0.25, -0.2) is 9.59 Å². The van der Waals surface area contributed by atoms with Gasteiger partial charge in [0.15, 0.2) is 0 Å². The minimum Gasteiger partial charge on any atom is -0.487 e. The monoisotopic (exact) mass is 233 g/mol. The van der Waals surface area contributed by atoms with E-state index in [2.05, 4.69) is 29.3 Å². The Hall–Kier alpha value is -1.56. The Morgan fingerprint density at radius 3 is 2.00 bits per heavy atom. The molecule has 16 heavy (non-hydrogen) atoms. The van der Waals surface area contributed by atoms with Gasteiger partial charge in [0.25, 0.3) is 0 Å². The van der Waals surface area contributed by atoms with Crippen LogP contribution in [0.2, 0.25) is 0 Å². The summed E-state index contributed by atoms with van der Waals surface area (Å²) < 4.78 is 4.63. The highest BCUT2D eigenvalue weighted by molar-refractivity contribution is 5.93. The van der Waals surface area contributed by atoms with Gasteiger partial charge in [-0.15, -0.1) is 0 Å². The molecule has 0 saturated carbocycles. The molecule has 0 aromatic carbocycles. The quantitative estimate of drug-likeness (QED) is 0.420. The summed E-state index contributed by atoms with van der Waals surface area (Å²) in [7, 11) is 0. The number of hydrogen-bond donors (Lipinski definition) is 2. The molecule has 0 radical (unpaired) electrons. The number of rotatable bonds is 5. The van der Waals surface area contributed by atoms with Crippen LogP contribution >= 0.6 is 0 Å². The smallest absolute Gasteiger partial charge is 0.392 e. The van der Waals surface area contributed by atoms with E-state index in [0.29, 0.717) is 6.08 Å². The molecule has 0 spiro atoms. The van der Waals surface area contributed by atoms with Gasteiger partial charge in [0.2, 0.25) is 5.76 Å². The van der Waals surface area contributed by atoms with Gasteiger partial charge in [0.1, 0.15) is 0 Å². The van der Waals surface area contributed by atoms with Crippen LogP contribution in [-0.4, -0.2) is 23.7 Å². The van der Waals surface area contributed by atoms with Crippen LogP contribution in [-0.2, 0) is 19.2 Å². The van der Waals surface area contributed by atoms with E-state index in [4.69, 9.17) is 5.11 Å². The molecular weight excluding hydrogens is 214 g/mol. The molecule has 0 heterocycles. The topological polar surface area (TPSA) is 98.8 Å². The van der Waals surface area contributed by atoms with E-state index in [1.165, 1.54) is 12.8 Å². The number of carbonyl (C=O) groups excluding carboxylic acids is 1. The third kappa shape index (κ3) is 10.5. The van der Waals surface area contributed by atoms with Crippen molar-refractivity contribution in [2.45, 2.75) is 33.6 Å². The molecule has 0 aromatic heterocycles. The van der Waals surface area contributed by atoms with Gasteiger partial charge in [-0.1, -0.05) is 26.7 Å². The first-order valence-corrected chi connectivity index (χ1v) is 5.01. The first-order chi connectivity index (χ1) is 7.53. The molecule has 0 saturated heterocycles. The molecule has 0 fully saturated rings. The Morgan fingerprint density at radius 2 is 1.75 bits per heavy atom. The SMILES string of the molecule is CCCC.CCO/C(=C\C(=O)O)C(=O)ON. The van der Waals surface area contributed by atoms with Crippen molar-refractivity contribution in [1.82, 2.24) is 0 Å². The lowest BCUT2D eigenvalue weighted by atomic mass is 10.4. The van der Waals surface area contributed by atoms with E-state index in [1.807, 2.05) is 0 Å². The lowest BCUT2D eigenvalue weighted by Gasteiger charge is -2.03. The number of carboxylic acids is 1. The van der Waals surface area contributed by atoms with Gasteiger partial charge in [0, 0.05) is 0 Å². The van der Waals surface area contributed by atoms with Crippen molar-refractivity contribution in [2.24, 2.45) is 5.90 Å². The maximum Gasteiger partial charge on any atom is 0.392 e. The number of carboxylic acid groups (broad SMARTS) is 1. The number of ether oxygens (including phenoxy) is 1. The van der Waals surface area contributed by atoms with Crippen LogP contribution in [0.4, 0.5) is 0 Å². The van der Waals surface area contributed by atoms with Crippen LogP contribution in [0.1, 0.15) is 33.6 Å². The fourth-order valence-corrected chi connectivity index (χ4v) is 0.485. The number of hydrogen-bond acceptors (Lipinski definition) is 5. The van der Waals surface area contributed by atoms with E-state index in [0.717, 1.165) is 0 Å². The molecule has 94 valence electrons. The third-order valence-corrected chi connectivity index (χ3v) is 1.36. The standard InChI is InChI=1S/C6H9NO5.C4H10/c1-2-11-4(3-5(8)9)6(10)12-7;1-3-4-2/h3H,2,7H2,1H3,(H,8,9);3-4H2,1-2H3/b4-3-;. The van der Waals surface area contributed by atoms with Crippen molar-refractivity contribution in [3.63, 3.8) is 0 Å². The number of carbonyl (C=O) groups is 2. The zero-order chi connectivity index (χ0) is 13.0. The zero-order valence-electron chi connectivity index (χ0n) is 9.86. The van der Waals surface area contributed by atoms with Crippen molar-refractivity contribution in [3.05, 3.63) is 11.8 Å². The second kappa shape index (κ2) is 11.5. The lowest BCUT2D eigenvalue weighted by molar-refractivity contribution is -0.144. The third-order valence-electron chi connectivity index (χ3n) is 1.36. The van der Waals surface area contributed by atoms with Crippen molar-refractivity contribution in [1.29, 1.82) is 0 Å². The number of unbranched alkanes of at least 4 members (excludes halogenated alkanes) is 1. The van der Waals surface area contributed by atoms with Crippen molar-refractivity contribution < 1.29 is 24.3 Å². The molecule has 6 heteroatoms. The summed E-state index contributed by atoms with van der Waals surface area (Å²) in [5.74, 6) is 1.78. The summed E-state index contributed by atoms with van der Waals surface area (Å²) in [4.78, 5) is 24.5. The highest BCUT2D eigenvalue weighted by Crippen LogP contribution is 1.98. The predicted molar refractivity (Wildman–Crippen MR) is 58.2 cm³/mol. The molecule has 0 aliphatic heterocycles. The van der Waals surface area contributed by atoms with Gasteiger partial charge < -0.3 is 14.7 Å². The molecule has 0 aliphatic carbocycles. The Morgan fingerprint density at radius 1 is 1.25 bits per heavy atom. The summed E-state index contributed by atoms with van der Waals surface area (Å²) in [6, 6.07) is 0. The van der Waals surface area contributed by atoms with Gasteiger partial charge in [-0.3, -0.25) is 0 Å². The fourth-order valence-electron chi connectivity index (χ4n) is 0.485. The maximum absolute atomic E-state index is 10.6. The van der Waals surface area contributed by atoms with Gasteiger partial charge >= 0.3 is 11.9 Å². The van der Waals surface area contributed by atoms with E-state index < -0.39 is 17.7 Å².